The second-order valence-corrected chi connectivity index (χ2v) is 11.0. The molecule has 0 bridgehead atoms. The number of hydrogen-bond donors (Lipinski definition) is 0. The van der Waals surface area contributed by atoms with Gasteiger partial charge in [-0.1, -0.05) is 58.0 Å². The van der Waals surface area contributed by atoms with Crippen molar-refractivity contribution in [3.05, 3.63) is 59.7 Å². The fourth-order valence-electron chi connectivity index (χ4n) is 5.25. The quantitative estimate of drug-likeness (QED) is 0.636. The van der Waals surface area contributed by atoms with E-state index in [-0.39, 0.29) is 17.4 Å². The molecule has 2 aliphatic heterocycles. The number of nitrogens with zero attached hydrogens (tertiary/aromatic N) is 4. The van der Waals surface area contributed by atoms with E-state index in [9.17, 15) is 4.79 Å². The summed E-state index contributed by atoms with van der Waals surface area (Å²) in [6.45, 7) is 15.8. The molecule has 184 valence electrons. The van der Waals surface area contributed by atoms with E-state index in [0.717, 1.165) is 64.3 Å². The minimum atomic E-state index is -0.121. The van der Waals surface area contributed by atoms with Crippen LogP contribution in [0.2, 0.25) is 0 Å². The predicted octanol–water partition coefficient (Wildman–Crippen LogP) is 4.41. The van der Waals surface area contributed by atoms with Crippen LogP contribution in [0.15, 0.2) is 48.5 Å². The van der Waals surface area contributed by atoms with Crippen LogP contribution in [0, 0.1) is 0 Å². The fraction of sp³-hybridized carbons (Fsp3) is 0.552. The second-order valence-electron chi connectivity index (χ2n) is 11.0. The van der Waals surface area contributed by atoms with Gasteiger partial charge in [0.2, 0.25) is 5.91 Å². The van der Waals surface area contributed by atoms with Crippen LogP contribution in [-0.2, 0) is 16.6 Å². The van der Waals surface area contributed by atoms with Crippen molar-refractivity contribution in [1.82, 2.24) is 9.80 Å². The summed E-state index contributed by atoms with van der Waals surface area (Å²) in [6.07, 6.45) is 1.82. The molecule has 34 heavy (non-hydrogen) atoms. The lowest BCUT2D eigenvalue weighted by atomic mass is 9.87. The lowest BCUT2D eigenvalue weighted by Gasteiger charge is -2.41. The normalized spacial score (nSPS) is 20.7. The molecule has 1 unspecified atom stereocenters. The van der Waals surface area contributed by atoms with E-state index in [0.29, 0.717) is 0 Å². The third-order valence-corrected chi connectivity index (χ3v) is 7.41. The van der Waals surface area contributed by atoms with Gasteiger partial charge in [0.25, 0.3) is 0 Å². The van der Waals surface area contributed by atoms with Crippen molar-refractivity contribution in [3.8, 4) is 0 Å². The Morgan fingerprint density at radius 1 is 0.882 bits per heavy atom. The average Bonchev–Trinajstić information content (AvgIpc) is 2.82. The third kappa shape index (κ3) is 5.47. The molecule has 0 N–H and O–H groups in total. The number of anilines is 2. The van der Waals surface area contributed by atoms with Gasteiger partial charge in [-0.15, -0.1) is 0 Å². The number of benzene rings is 2. The number of likely N-dealkylation sites (N-methyl/N-ethyl adjacent to an activating group) is 1. The van der Waals surface area contributed by atoms with Crippen LogP contribution in [0.25, 0.3) is 0 Å². The molecule has 0 radical (unpaired) electrons. The van der Waals surface area contributed by atoms with Crippen molar-refractivity contribution >= 4 is 17.3 Å². The first kappa shape index (κ1) is 24.7. The van der Waals surface area contributed by atoms with Gasteiger partial charge >= 0.3 is 0 Å². The van der Waals surface area contributed by atoms with Crippen LogP contribution in [0.3, 0.4) is 0 Å². The number of hydrogen-bond acceptors (Lipinski definition) is 4. The highest BCUT2D eigenvalue weighted by Gasteiger charge is 2.36. The molecule has 4 rings (SSSR count). The minimum absolute atomic E-state index is 0.109. The van der Waals surface area contributed by atoms with E-state index >= 15 is 0 Å². The number of rotatable bonds is 6. The molecule has 2 aromatic carbocycles. The van der Waals surface area contributed by atoms with Gasteiger partial charge in [0.1, 0.15) is 0 Å². The Hall–Kier alpha value is -2.37. The molecular weight excluding hydrogens is 420 g/mol. The van der Waals surface area contributed by atoms with Crippen LogP contribution in [0.1, 0.15) is 45.2 Å². The molecule has 0 saturated carbocycles. The van der Waals surface area contributed by atoms with Crippen LogP contribution < -0.4 is 9.80 Å². The summed E-state index contributed by atoms with van der Waals surface area (Å²) in [6, 6.07) is 17.2. The van der Waals surface area contributed by atoms with Crippen LogP contribution in [0.5, 0.6) is 0 Å². The maximum atomic E-state index is 13.9. The van der Waals surface area contributed by atoms with Gasteiger partial charge in [-0.3, -0.25) is 9.69 Å². The number of carbonyl (C=O) groups is 1. The summed E-state index contributed by atoms with van der Waals surface area (Å²) >= 11 is 0. The first-order chi connectivity index (χ1) is 16.3. The topological polar surface area (TPSA) is 30.0 Å². The van der Waals surface area contributed by atoms with Crippen molar-refractivity contribution in [2.75, 3.05) is 62.7 Å². The maximum absolute atomic E-state index is 13.9. The van der Waals surface area contributed by atoms with Gasteiger partial charge in [-0.05, 0) is 61.2 Å². The van der Waals surface area contributed by atoms with Gasteiger partial charge in [0.15, 0.2) is 0 Å². The molecule has 2 aromatic rings. The van der Waals surface area contributed by atoms with E-state index in [1.54, 1.807) is 0 Å². The van der Waals surface area contributed by atoms with Crippen molar-refractivity contribution < 1.29 is 4.79 Å². The highest BCUT2D eigenvalue weighted by Crippen LogP contribution is 2.29. The standard InChI is InChI=1S/C29H42N4O/c1-6-15-31-20-21-33(25-13-11-24(12-14-25)29(2,3)4)28(34)27(31)22-23-9-7-8-10-26(23)32-18-16-30(5)17-19-32/h7-14,27H,6,15-22H2,1-5H3. The molecule has 2 aliphatic rings. The molecule has 2 saturated heterocycles. The second kappa shape index (κ2) is 10.5. The van der Waals surface area contributed by atoms with Crippen LogP contribution in [0.4, 0.5) is 11.4 Å². The number of para-hydroxylation sites is 1. The SMILES string of the molecule is CCCN1CCN(c2ccc(C(C)(C)C)cc2)C(=O)C1Cc1ccccc1N1CCN(C)CC1. The predicted molar refractivity (Wildman–Crippen MR) is 143 cm³/mol. The third-order valence-electron chi connectivity index (χ3n) is 7.41. The molecule has 5 nitrogen and oxygen atoms in total. The summed E-state index contributed by atoms with van der Waals surface area (Å²) in [4.78, 5) is 23.2. The Labute approximate surface area is 206 Å². The minimum Gasteiger partial charge on any atom is -0.369 e. The molecule has 0 aromatic heterocycles. The zero-order chi connectivity index (χ0) is 24.3. The Bertz CT molecular complexity index is 957. The van der Waals surface area contributed by atoms with Gasteiger partial charge in [0, 0.05) is 50.6 Å². The van der Waals surface area contributed by atoms with Crippen molar-refractivity contribution in [2.45, 2.75) is 52.0 Å². The van der Waals surface area contributed by atoms with E-state index in [4.69, 9.17) is 0 Å². The molecule has 0 spiro atoms. The fourth-order valence-corrected chi connectivity index (χ4v) is 5.25. The Morgan fingerprint density at radius 3 is 2.21 bits per heavy atom. The summed E-state index contributed by atoms with van der Waals surface area (Å²) in [5.74, 6) is 0.233. The Kier molecular flexibility index (Phi) is 7.63. The molecule has 1 atom stereocenters. The van der Waals surface area contributed by atoms with E-state index < -0.39 is 0 Å². The zero-order valence-electron chi connectivity index (χ0n) is 21.8. The lowest BCUT2D eigenvalue weighted by molar-refractivity contribution is -0.125. The summed E-state index contributed by atoms with van der Waals surface area (Å²) in [5, 5.41) is 0. The summed E-state index contributed by atoms with van der Waals surface area (Å²) in [5.41, 5.74) is 5.01. The Balaban J connectivity index is 1.57. The van der Waals surface area contributed by atoms with Crippen molar-refractivity contribution in [3.63, 3.8) is 0 Å². The molecule has 2 fully saturated rings. The number of carbonyl (C=O) groups excluding carboxylic acids is 1. The number of piperazine rings is 2. The Morgan fingerprint density at radius 2 is 1.56 bits per heavy atom. The molecule has 1 amide bonds. The van der Waals surface area contributed by atoms with Crippen LogP contribution >= 0.6 is 0 Å². The van der Waals surface area contributed by atoms with E-state index in [1.165, 1.54) is 16.8 Å². The van der Waals surface area contributed by atoms with Gasteiger partial charge in [0.05, 0.1) is 6.04 Å². The largest absolute Gasteiger partial charge is 0.369 e. The average molecular weight is 463 g/mol. The smallest absolute Gasteiger partial charge is 0.244 e. The molecule has 0 aliphatic carbocycles. The number of amides is 1. The summed E-state index contributed by atoms with van der Waals surface area (Å²) in [7, 11) is 2.19. The highest BCUT2D eigenvalue weighted by atomic mass is 16.2. The van der Waals surface area contributed by atoms with Crippen molar-refractivity contribution in [1.29, 1.82) is 0 Å². The molecular formula is C29H42N4O. The van der Waals surface area contributed by atoms with Crippen molar-refractivity contribution in [2.24, 2.45) is 0 Å². The van der Waals surface area contributed by atoms with E-state index in [1.807, 2.05) is 4.90 Å². The van der Waals surface area contributed by atoms with Gasteiger partial charge in [-0.2, -0.15) is 0 Å². The highest BCUT2D eigenvalue weighted by molar-refractivity contribution is 5.98. The maximum Gasteiger partial charge on any atom is 0.244 e. The first-order valence-electron chi connectivity index (χ1n) is 13.0. The first-order valence-corrected chi connectivity index (χ1v) is 13.0. The van der Waals surface area contributed by atoms with Gasteiger partial charge in [-0.25, -0.2) is 0 Å². The van der Waals surface area contributed by atoms with Gasteiger partial charge < -0.3 is 14.7 Å². The van der Waals surface area contributed by atoms with Crippen LogP contribution in [-0.4, -0.2) is 74.6 Å². The molecule has 2 heterocycles. The van der Waals surface area contributed by atoms with E-state index in [2.05, 4.69) is 98.0 Å². The monoisotopic (exact) mass is 462 g/mol. The molecule has 5 heteroatoms. The zero-order valence-corrected chi connectivity index (χ0v) is 21.8. The summed E-state index contributed by atoms with van der Waals surface area (Å²) < 4.78 is 0. The lowest BCUT2D eigenvalue weighted by Crippen LogP contribution is -2.58.